The van der Waals surface area contributed by atoms with Crippen molar-refractivity contribution in [2.75, 3.05) is 18.6 Å². The van der Waals surface area contributed by atoms with Crippen molar-refractivity contribution in [2.45, 2.75) is 26.2 Å². The molecule has 1 unspecified atom stereocenters. The fourth-order valence-electron chi connectivity index (χ4n) is 3.50. The van der Waals surface area contributed by atoms with Crippen LogP contribution in [0.2, 0.25) is 0 Å². The number of rotatable bonds is 4. The molecule has 1 aliphatic rings. The van der Waals surface area contributed by atoms with Gasteiger partial charge in [-0.2, -0.15) is 4.98 Å². The van der Waals surface area contributed by atoms with Gasteiger partial charge in [0.15, 0.2) is 5.82 Å². The second-order valence-corrected chi connectivity index (χ2v) is 6.89. The lowest BCUT2D eigenvalue weighted by atomic mass is 10.1. The van der Waals surface area contributed by atoms with Crippen molar-refractivity contribution in [3.63, 3.8) is 0 Å². The van der Waals surface area contributed by atoms with Gasteiger partial charge in [-0.25, -0.2) is 0 Å². The largest absolute Gasteiger partial charge is 0.497 e. The lowest BCUT2D eigenvalue weighted by Crippen LogP contribution is -2.25. The molecule has 1 aliphatic heterocycles. The molecule has 27 heavy (non-hydrogen) atoms. The predicted molar refractivity (Wildman–Crippen MR) is 102 cm³/mol. The maximum atomic E-state index is 12.6. The Bertz CT molecular complexity index is 996. The van der Waals surface area contributed by atoms with Gasteiger partial charge in [-0.3, -0.25) is 4.79 Å². The number of carbonyl (C=O) groups is 1. The number of aromatic nitrogens is 2. The average molecular weight is 363 g/mol. The summed E-state index contributed by atoms with van der Waals surface area (Å²) < 4.78 is 10.7. The summed E-state index contributed by atoms with van der Waals surface area (Å²) in [5.74, 6) is 1.72. The molecule has 0 saturated carbocycles. The molecule has 4 rings (SSSR count). The second kappa shape index (κ2) is 6.87. The van der Waals surface area contributed by atoms with Gasteiger partial charge < -0.3 is 14.2 Å². The Kier molecular flexibility index (Phi) is 4.39. The zero-order chi connectivity index (χ0) is 19.0. The van der Waals surface area contributed by atoms with Crippen LogP contribution in [0.15, 0.2) is 47.0 Å². The number of hydrogen-bond donors (Lipinski definition) is 0. The van der Waals surface area contributed by atoms with Gasteiger partial charge in [0.05, 0.1) is 7.11 Å². The molecule has 0 N–H and O–H groups in total. The molecule has 0 bridgehead atoms. The molecule has 0 spiro atoms. The minimum atomic E-state index is -0.0821. The molecule has 1 fully saturated rings. The van der Waals surface area contributed by atoms with E-state index in [1.54, 1.807) is 7.11 Å². The van der Waals surface area contributed by atoms with Gasteiger partial charge in [0.2, 0.25) is 5.91 Å². The highest BCUT2D eigenvalue weighted by molar-refractivity contribution is 5.97. The van der Waals surface area contributed by atoms with Gasteiger partial charge in [0.1, 0.15) is 5.75 Å². The molecule has 138 valence electrons. The van der Waals surface area contributed by atoms with Crippen LogP contribution in [0.25, 0.3) is 11.5 Å². The van der Waals surface area contributed by atoms with Gasteiger partial charge in [-0.05, 0) is 43.7 Å². The van der Waals surface area contributed by atoms with Crippen LogP contribution in [0.5, 0.6) is 5.75 Å². The summed E-state index contributed by atoms with van der Waals surface area (Å²) in [5, 5.41) is 4.12. The van der Waals surface area contributed by atoms with Crippen molar-refractivity contribution in [1.29, 1.82) is 0 Å². The number of anilines is 1. The van der Waals surface area contributed by atoms with Crippen LogP contribution >= 0.6 is 0 Å². The third-order valence-electron chi connectivity index (χ3n) is 4.89. The molecule has 2 aromatic carbocycles. The molecule has 2 heterocycles. The summed E-state index contributed by atoms with van der Waals surface area (Å²) in [6.45, 7) is 4.63. The number of nitrogens with zero attached hydrogens (tertiary/aromatic N) is 3. The number of methoxy groups -OCH3 is 1. The van der Waals surface area contributed by atoms with Crippen LogP contribution in [0.4, 0.5) is 5.69 Å². The Balaban J connectivity index is 1.57. The van der Waals surface area contributed by atoms with Gasteiger partial charge in [0.25, 0.3) is 5.89 Å². The minimum Gasteiger partial charge on any atom is -0.497 e. The summed E-state index contributed by atoms with van der Waals surface area (Å²) in [6.07, 6.45) is 0.379. The van der Waals surface area contributed by atoms with E-state index in [1.807, 2.05) is 55.1 Å². The molecular formula is C21H21N3O3. The number of hydrogen-bond acceptors (Lipinski definition) is 5. The number of amides is 1. The smallest absolute Gasteiger partial charge is 0.258 e. The van der Waals surface area contributed by atoms with Crippen LogP contribution in [-0.4, -0.2) is 29.7 Å². The van der Waals surface area contributed by atoms with E-state index in [0.29, 0.717) is 24.7 Å². The Hall–Kier alpha value is -3.15. The van der Waals surface area contributed by atoms with Crippen LogP contribution in [0.1, 0.15) is 29.3 Å². The van der Waals surface area contributed by atoms with Crippen molar-refractivity contribution in [1.82, 2.24) is 10.1 Å². The quantitative estimate of drug-likeness (QED) is 0.703. The van der Waals surface area contributed by atoms with E-state index < -0.39 is 0 Å². The molecule has 6 heteroatoms. The predicted octanol–water partition coefficient (Wildman–Crippen LogP) is 3.88. The molecule has 6 nitrogen and oxygen atoms in total. The first-order valence-corrected chi connectivity index (χ1v) is 8.91. The van der Waals surface area contributed by atoms with E-state index in [9.17, 15) is 4.79 Å². The SMILES string of the molecule is COc1cccc(-c2nc(C3CC(=O)N(c4ccc(C)cc4C)C3)no2)c1. The zero-order valence-corrected chi connectivity index (χ0v) is 15.6. The first-order valence-electron chi connectivity index (χ1n) is 8.91. The van der Waals surface area contributed by atoms with Crippen molar-refractivity contribution in [3.8, 4) is 17.2 Å². The Morgan fingerprint density at radius 2 is 2.04 bits per heavy atom. The highest BCUT2D eigenvalue weighted by Crippen LogP contribution is 2.33. The Labute approximate surface area is 157 Å². The first-order chi connectivity index (χ1) is 13.0. The molecular weight excluding hydrogens is 342 g/mol. The van der Waals surface area contributed by atoms with E-state index in [0.717, 1.165) is 22.6 Å². The van der Waals surface area contributed by atoms with Gasteiger partial charge >= 0.3 is 0 Å². The third kappa shape index (κ3) is 3.30. The van der Waals surface area contributed by atoms with Gasteiger partial charge in [-0.15, -0.1) is 0 Å². The third-order valence-corrected chi connectivity index (χ3v) is 4.89. The van der Waals surface area contributed by atoms with Gasteiger partial charge in [0, 0.05) is 30.1 Å². The highest BCUT2D eigenvalue weighted by atomic mass is 16.5. The summed E-state index contributed by atoms with van der Waals surface area (Å²) in [4.78, 5) is 18.9. The molecule has 1 saturated heterocycles. The molecule has 1 aromatic heterocycles. The lowest BCUT2D eigenvalue weighted by molar-refractivity contribution is -0.117. The standard InChI is InChI=1S/C21H21N3O3/c1-13-7-8-18(14(2)9-13)24-12-16(11-19(24)25)20-22-21(27-23-20)15-5-4-6-17(10-15)26-3/h4-10,16H,11-12H2,1-3H3. The Morgan fingerprint density at radius 1 is 1.19 bits per heavy atom. The highest BCUT2D eigenvalue weighted by Gasteiger charge is 2.35. The van der Waals surface area contributed by atoms with Gasteiger partial charge in [-0.1, -0.05) is 28.9 Å². The van der Waals surface area contributed by atoms with Crippen LogP contribution in [0.3, 0.4) is 0 Å². The van der Waals surface area contributed by atoms with Crippen molar-refractivity contribution < 1.29 is 14.1 Å². The summed E-state index contributed by atoms with van der Waals surface area (Å²) in [6, 6.07) is 13.6. The summed E-state index contributed by atoms with van der Waals surface area (Å²) in [5.41, 5.74) is 4.02. The maximum absolute atomic E-state index is 12.6. The van der Waals surface area contributed by atoms with Crippen molar-refractivity contribution in [2.24, 2.45) is 0 Å². The lowest BCUT2D eigenvalue weighted by Gasteiger charge is -2.19. The minimum absolute atomic E-state index is 0.0821. The Morgan fingerprint density at radius 3 is 2.81 bits per heavy atom. The fourth-order valence-corrected chi connectivity index (χ4v) is 3.50. The molecule has 0 aliphatic carbocycles. The maximum Gasteiger partial charge on any atom is 0.258 e. The van der Waals surface area contributed by atoms with E-state index in [4.69, 9.17) is 9.26 Å². The van der Waals surface area contributed by atoms with E-state index >= 15 is 0 Å². The van der Waals surface area contributed by atoms with E-state index in [1.165, 1.54) is 5.56 Å². The molecule has 3 aromatic rings. The fraction of sp³-hybridized carbons (Fsp3) is 0.286. The van der Waals surface area contributed by atoms with Crippen LogP contribution in [-0.2, 0) is 4.79 Å². The molecule has 0 radical (unpaired) electrons. The van der Waals surface area contributed by atoms with E-state index in [-0.39, 0.29) is 11.8 Å². The first kappa shape index (κ1) is 17.3. The summed E-state index contributed by atoms with van der Waals surface area (Å²) >= 11 is 0. The number of aryl methyl sites for hydroxylation is 2. The average Bonchev–Trinajstić information content (AvgIpc) is 3.29. The molecule has 1 atom stereocenters. The van der Waals surface area contributed by atoms with E-state index in [2.05, 4.69) is 16.2 Å². The monoisotopic (exact) mass is 363 g/mol. The molecule has 1 amide bonds. The zero-order valence-electron chi connectivity index (χ0n) is 15.6. The normalized spacial score (nSPS) is 16.8. The number of carbonyl (C=O) groups excluding carboxylic acids is 1. The van der Waals surface area contributed by atoms with Crippen molar-refractivity contribution in [3.05, 3.63) is 59.4 Å². The number of benzene rings is 2. The summed E-state index contributed by atoms with van der Waals surface area (Å²) in [7, 11) is 1.62. The number of ether oxygens (including phenoxy) is 1. The van der Waals surface area contributed by atoms with Crippen LogP contribution < -0.4 is 9.64 Å². The second-order valence-electron chi connectivity index (χ2n) is 6.89. The topological polar surface area (TPSA) is 68.5 Å². The van der Waals surface area contributed by atoms with Crippen molar-refractivity contribution >= 4 is 11.6 Å². The van der Waals surface area contributed by atoms with Crippen LogP contribution in [0, 0.1) is 13.8 Å².